The van der Waals surface area contributed by atoms with Crippen LogP contribution in [-0.4, -0.2) is 12.2 Å². The molecule has 0 aliphatic carbocycles. The highest BCUT2D eigenvalue weighted by Crippen LogP contribution is 2.35. The molecule has 4 nitrogen and oxygen atoms in total. The van der Waals surface area contributed by atoms with E-state index in [2.05, 4.69) is 15.8 Å². The zero-order chi connectivity index (χ0) is 18.6. The molecule has 0 radical (unpaired) electrons. The van der Waals surface area contributed by atoms with Gasteiger partial charge in [-0.15, -0.1) is 0 Å². The lowest BCUT2D eigenvalue weighted by atomic mass is 10.1. The molecule has 2 N–H and O–H groups in total. The van der Waals surface area contributed by atoms with Crippen LogP contribution in [0.3, 0.4) is 0 Å². The molecule has 2 aromatic rings. The standard InChI is InChI=1S/C17H15ClF3N3O/c1-10-5-3-6-11(2)15(10)23-16(25)24-22-9-12-7-4-8-13(14(12)18)17(19,20)21/h3-9H,1-2H3,(H2,23,24,25)/b22-9+. The Balaban J connectivity index is 2.08. The number of carbonyl (C=O) groups is 1. The molecule has 25 heavy (non-hydrogen) atoms. The Hall–Kier alpha value is -2.54. The Labute approximate surface area is 147 Å². The first-order chi connectivity index (χ1) is 11.7. The molecular weight excluding hydrogens is 355 g/mol. The van der Waals surface area contributed by atoms with Crippen LogP contribution in [0.1, 0.15) is 22.3 Å². The van der Waals surface area contributed by atoms with Gasteiger partial charge in [-0.2, -0.15) is 18.3 Å². The van der Waals surface area contributed by atoms with Crippen molar-refractivity contribution in [3.63, 3.8) is 0 Å². The van der Waals surface area contributed by atoms with Crippen molar-refractivity contribution in [3.05, 3.63) is 63.7 Å². The fraction of sp³-hybridized carbons (Fsp3) is 0.176. The Morgan fingerprint density at radius 2 is 1.72 bits per heavy atom. The summed E-state index contributed by atoms with van der Waals surface area (Å²) in [6, 6.07) is 8.39. The highest BCUT2D eigenvalue weighted by molar-refractivity contribution is 6.34. The lowest BCUT2D eigenvalue weighted by Gasteiger charge is -2.11. The summed E-state index contributed by atoms with van der Waals surface area (Å²) in [5.74, 6) is 0. The van der Waals surface area contributed by atoms with E-state index < -0.39 is 22.8 Å². The Morgan fingerprint density at radius 1 is 1.12 bits per heavy atom. The van der Waals surface area contributed by atoms with Crippen molar-refractivity contribution < 1.29 is 18.0 Å². The summed E-state index contributed by atoms with van der Waals surface area (Å²) in [6.07, 6.45) is -3.50. The molecule has 132 valence electrons. The van der Waals surface area contributed by atoms with Gasteiger partial charge in [-0.3, -0.25) is 0 Å². The third-order valence-corrected chi connectivity index (χ3v) is 3.85. The summed E-state index contributed by atoms with van der Waals surface area (Å²) in [5.41, 5.74) is 3.68. The first-order valence-electron chi connectivity index (χ1n) is 7.22. The van der Waals surface area contributed by atoms with Gasteiger partial charge in [-0.05, 0) is 31.0 Å². The van der Waals surface area contributed by atoms with E-state index in [0.717, 1.165) is 23.4 Å². The molecule has 0 aliphatic heterocycles. The molecule has 0 saturated carbocycles. The molecule has 0 saturated heterocycles. The summed E-state index contributed by atoms with van der Waals surface area (Å²) < 4.78 is 38.4. The summed E-state index contributed by atoms with van der Waals surface area (Å²) in [6.45, 7) is 3.68. The van der Waals surface area contributed by atoms with Gasteiger partial charge in [0.25, 0.3) is 0 Å². The number of nitrogens with one attached hydrogen (secondary N) is 2. The number of nitrogens with zero attached hydrogens (tertiary/aromatic N) is 1. The molecule has 0 unspecified atom stereocenters. The minimum absolute atomic E-state index is 0.0452. The lowest BCUT2D eigenvalue weighted by Crippen LogP contribution is -2.25. The Bertz CT molecular complexity index is 799. The Morgan fingerprint density at radius 3 is 2.32 bits per heavy atom. The number of anilines is 1. The lowest BCUT2D eigenvalue weighted by molar-refractivity contribution is -0.137. The monoisotopic (exact) mass is 369 g/mol. The second-order valence-corrected chi connectivity index (χ2v) is 5.68. The van der Waals surface area contributed by atoms with Gasteiger partial charge in [0.05, 0.1) is 16.8 Å². The van der Waals surface area contributed by atoms with Crippen LogP contribution in [0.15, 0.2) is 41.5 Å². The molecule has 2 amide bonds. The second-order valence-electron chi connectivity index (χ2n) is 5.30. The number of benzene rings is 2. The van der Waals surface area contributed by atoms with Gasteiger partial charge >= 0.3 is 12.2 Å². The second kappa shape index (κ2) is 7.57. The number of rotatable bonds is 3. The number of alkyl halides is 3. The number of hydrogen-bond donors (Lipinski definition) is 2. The highest BCUT2D eigenvalue weighted by Gasteiger charge is 2.33. The number of halogens is 4. The maximum absolute atomic E-state index is 12.8. The normalized spacial score (nSPS) is 11.6. The van der Waals surface area contributed by atoms with E-state index in [-0.39, 0.29) is 5.56 Å². The average Bonchev–Trinajstić information content (AvgIpc) is 2.51. The quantitative estimate of drug-likeness (QED) is 0.572. The van der Waals surface area contributed by atoms with Crippen molar-refractivity contribution in [1.82, 2.24) is 5.43 Å². The van der Waals surface area contributed by atoms with Crippen molar-refractivity contribution in [3.8, 4) is 0 Å². The summed E-state index contributed by atoms with van der Waals surface area (Å²) in [4.78, 5) is 11.9. The summed E-state index contributed by atoms with van der Waals surface area (Å²) in [5, 5.41) is 5.80. The molecule has 0 aromatic heterocycles. The van der Waals surface area contributed by atoms with Crippen LogP contribution in [-0.2, 0) is 6.18 Å². The number of amides is 2. The largest absolute Gasteiger partial charge is 0.417 e. The van der Waals surface area contributed by atoms with Crippen LogP contribution in [0.2, 0.25) is 5.02 Å². The zero-order valence-electron chi connectivity index (χ0n) is 13.4. The fourth-order valence-corrected chi connectivity index (χ4v) is 2.46. The van der Waals surface area contributed by atoms with Crippen LogP contribution in [0, 0.1) is 13.8 Å². The SMILES string of the molecule is Cc1cccc(C)c1NC(=O)N/N=C/c1cccc(C(F)(F)F)c1Cl. The fourth-order valence-electron chi connectivity index (χ4n) is 2.18. The Kier molecular flexibility index (Phi) is 5.69. The predicted octanol–water partition coefficient (Wildman–Crippen LogP) is 5.13. The van der Waals surface area contributed by atoms with Crippen LogP contribution >= 0.6 is 11.6 Å². The number of para-hydroxylation sites is 1. The molecule has 0 bridgehead atoms. The molecule has 2 rings (SSSR count). The first-order valence-corrected chi connectivity index (χ1v) is 7.60. The van der Waals surface area contributed by atoms with E-state index >= 15 is 0 Å². The maximum Gasteiger partial charge on any atom is 0.417 e. The smallest absolute Gasteiger partial charge is 0.306 e. The number of carbonyl (C=O) groups excluding carboxylic acids is 1. The van der Waals surface area contributed by atoms with E-state index in [1.807, 2.05) is 32.0 Å². The van der Waals surface area contributed by atoms with Crippen LogP contribution in [0.4, 0.5) is 23.7 Å². The minimum atomic E-state index is -4.56. The van der Waals surface area contributed by atoms with Gasteiger partial charge < -0.3 is 5.32 Å². The molecule has 0 spiro atoms. The van der Waals surface area contributed by atoms with Gasteiger partial charge in [-0.25, -0.2) is 10.2 Å². The summed E-state index contributed by atoms with van der Waals surface area (Å²) in [7, 11) is 0. The van der Waals surface area contributed by atoms with Crippen molar-refractivity contribution in [2.24, 2.45) is 5.10 Å². The molecule has 8 heteroatoms. The van der Waals surface area contributed by atoms with E-state index in [4.69, 9.17) is 11.6 Å². The van der Waals surface area contributed by atoms with Crippen molar-refractivity contribution in [2.45, 2.75) is 20.0 Å². The number of urea groups is 1. The van der Waals surface area contributed by atoms with Gasteiger partial charge in [0.15, 0.2) is 0 Å². The van der Waals surface area contributed by atoms with Crippen molar-refractivity contribution in [1.29, 1.82) is 0 Å². The average molecular weight is 370 g/mol. The first kappa shape index (κ1) is 18.8. The van der Waals surface area contributed by atoms with Gasteiger partial charge in [0, 0.05) is 11.3 Å². The van der Waals surface area contributed by atoms with Crippen LogP contribution < -0.4 is 10.7 Å². The van der Waals surface area contributed by atoms with Crippen molar-refractivity contribution in [2.75, 3.05) is 5.32 Å². The van der Waals surface area contributed by atoms with E-state index in [9.17, 15) is 18.0 Å². The van der Waals surface area contributed by atoms with Crippen molar-refractivity contribution >= 4 is 29.5 Å². The molecule has 0 heterocycles. The number of hydrogen-bond acceptors (Lipinski definition) is 2. The number of hydrazone groups is 1. The highest BCUT2D eigenvalue weighted by atomic mass is 35.5. The summed E-state index contributed by atoms with van der Waals surface area (Å²) >= 11 is 5.74. The van der Waals surface area contributed by atoms with Gasteiger partial charge in [0.2, 0.25) is 0 Å². The molecule has 2 aromatic carbocycles. The van der Waals surface area contributed by atoms with Crippen LogP contribution in [0.25, 0.3) is 0 Å². The van der Waals surface area contributed by atoms with Gasteiger partial charge in [-0.1, -0.05) is 41.9 Å². The van der Waals surface area contributed by atoms with Gasteiger partial charge in [0.1, 0.15) is 0 Å². The molecular formula is C17H15ClF3N3O. The maximum atomic E-state index is 12.8. The van der Waals surface area contributed by atoms with E-state index in [1.165, 1.54) is 12.1 Å². The number of aryl methyl sites for hydroxylation is 2. The van der Waals surface area contributed by atoms with E-state index in [1.54, 1.807) is 0 Å². The molecule has 0 fully saturated rings. The molecule has 0 aliphatic rings. The van der Waals surface area contributed by atoms with E-state index in [0.29, 0.717) is 5.69 Å². The van der Waals surface area contributed by atoms with Crippen LogP contribution in [0.5, 0.6) is 0 Å². The third kappa shape index (κ3) is 4.73. The topological polar surface area (TPSA) is 53.5 Å². The molecule has 0 atom stereocenters. The predicted molar refractivity (Wildman–Crippen MR) is 92.1 cm³/mol. The zero-order valence-corrected chi connectivity index (χ0v) is 14.2. The third-order valence-electron chi connectivity index (χ3n) is 3.42. The minimum Gasteiger partial charge on any atom is -0.306 e.